The van der Waals surface area contributed by atoms with Crippen molar-refractivity contribution >= 4 is 21.7 Å². The van der Waals surface area contributed by atoms with E-state index < -0.39 is 0 Å². The molecular formula is C13H13BrFN3. The van der Waals surface area contributed by atoms with Crippen molar-refractivity contribution in [3.05, 3.63) is 40.6 Å². The van der Waals surface area contributed by atoms with Gasteiger partial charge in [0, 0.05) is 16.6 Å². The molecule has 0 aliphatic heterocycles. The van der Waals surface area contributed by atoms with E-state index in [0.29, 0.717) is 10.2 Å². The molecule has 0 fully saturated rings. The molecule has 18 heavy (non-hydrogen) atoms. The average Bonchev–Trinajstić information content (AvgIpc) is 2.37. The molecule has 1 N–H and O–H groups in total. The second-order valence-electron chi connectivity index (χ2n) is 3.85. The number of aromatic nitrogens is 2. The van der Waals surface area contributed by atoms with Gasteiger partial charge < -0.3 is 5.32 Å². The van der Waals surface area contributed by atoms with Gasteiger partial charge in [-0.05, 0) is 52.7 Å². The molecule has 0 saturated heterocycles. The van der Waals surface area contributed by atoms with E-state index in [1.54, 1.807) is 6.07 Å². The summed E-state index contributed by atoms with van der Waals surface area (Å²) in [5.41, 5.74) is 1.54. The maximum atomic E-state index is 13.0. The number of halogens is 2. The summed E-state index contributed by atoms with van der Waals surface area (Å²) in [5.74, 6) is 0.471. The molecule has 0 bridgehead atoms. The molecule has 0 saturated carbocycles. The van der Waals surface area contributed by atoms with Crippen molar-refractivity contribution in [2.75, 3.05) is 11.9 Å². The van der Waals surface area contributed by atoms with E-state index in [2.05, 4.69) is 38.4 Å². The standard InChI is InChI=1S/C13H13BrFN3/c1-2-7-16-13-6-5-12(17-18-13)10-4-3-9(15)8-11(10)14/h3-6,8H,2,7H2,1H3,(H,16,18). The maximum absolute atomic E-state index is 13.0. The van der Waals surface area contributed by atoms with Crippen LogP contribution in [0.3, 0.4) is 0 Å². The molecule has 1 heterocycles. The first-order valence-electron chi connectivity index (χ1n) is 5.73. The van der Waals surface area contributed by atoms with E-state index in [1.807, 2.05) is 12.1 Å². The zero-order chi connectivity index (χ0) is 13.0. The van der Waals surface area contributed by atoms with Crippen LogP contribution in [0.1, 0.15) is 13.3 Å². The Balaban J connectivity index is 2.23. The zero-order valence-corrected chi connectivity index (χ0v) is 11.5. The van der Waals surface area contributed by atoms with Gasteiger partial charge in [-0.15, -0.1) is 10.2 Å². The van der Waals surface area contributed by atoms with Gasteiger partial charge in [-0.1, -0.05) is 6.92 Å². The first-order valence-corrected chi connectivity index (χ1v) is 6.53. The Kier molecular flexibility index (Phi) is 4.25. The molecule has 0 aliphatic carbocycles. The Labute approximate surface area is 114 Å². The Morgan fingerprint density at radius 1 is 1.22 bits per heavy atom. The van der Waals surface area contributed by atoms with E-state index >= 15 is 0 Å². The lowest BCUT2D eigenvalue weighted by atomic mass is 10.1. The summed E-state index contributed by atoms with van der Waals surface area (Å²) in [6.07, 6.45) is 1.03. The predicted molar refractivity (Wildman–Crippen MR) is 73.9 cm³/mol. The highest BCUT2D eigenvalue weighted by molar-refractivity contribution is 9.10. The molecule has 0 atom stereocenters. The zero-order valence-electron chi connectivity index (χ0n) is 9.95. The highest BCUT2D eigenvalue weighted by Crippen LogP contribution is 2.27. The Morgan fingerprint density at radius 2 is 2.06 bits per heavy atom. The van der Waals surface area contributed by atoms with Crippen LogP contribution >= 0.6 is 15.9 Å². The van der Waals surface area contributed by atoms with Crippen LogP contribution in [0.15, 0.2) is 34.8 Å². The third-order valence-corrected chi connectivity index (χ3v) is 3.08. The molecule has 94 valence electrons. The van der Waals surface area contributed by atoms with E-state index in [0.717, 1.165) is 24.3 Å². The molecule has 1 aromatic heterocycles. The van der Waals surface area contributed by atoms with Crippen LogP contribution in [-0.2, 0) is 0 Å². The predicted octanol–water partition coefficient (Wildman–Crippen LogP) is 3.87. The average molecular weight is 310 g/mol. The molecule has 0 amide bonds. The van der Waals surface area contributed by atoms with Gasteiger partial charge in [0.2, 0.25) is 0 Å². The second kappa shape index (κ2) is 5.91. The number of nitrogens with zero attached hydrogens (tertiary/aromatic N) is 2. The normalized spacial score (nSPS) is 10.4. The monoisotopic (exact) mass is 309 g/mol. The van der Waals surface area contributed by atoms with Crippen molar-refractivity contribution in [1.29, 1.82) is 0 Å². The SMILES string of the molecule is CCCNc1ccc(-c2ccc(F)cc2Br)nn1. The van der Waals surface area contributed by atoms with Crippen LogP contribution in [0.5, 0.6) is 0 Å². The summed E-state index contributed by atoms with van der Waals surface area (Å²) in [5, 5.41) is 11.4. The lowest BCUT2D eigenvalue weighted by Crippen LogP contribution is -2.02. The van der Waals surface area contributed by atoms with Crippen molar-refractivity contribution in [2.24, 2.45) is 0 Å². The van der Waals surface area contributed by atoms with Crippen LogP contribution in [0.25, 0.3) is 11.3 Å². The van der Waals surface area contributed by atoms with Gasteiger partial charge in [-0.3, -0.25) is 0 Å². The van der Waals surface area contributed by atoms with Gasteiger partial charge in [-0.25, -0.2) is 4.39 Å². The summed E-state index contributed by atoms with van der Waals surface area (Å²) in [4.78, 5) is 0. The molecule has 0 spiro atoms. The van der Waals surface area contributed by atoms with Crippen molar-refractivity contribution in [3.63, 3.8) is 0 Å². The number of nitrogens with one attached hydrogen (secondary N) is 1. The van der Waals surface area contributed by atoms with Gasteiger partial charge in [0.05, 0.1) is 5.69 Å². The van der Waals surface area contributed by atoms with Crippen molar-refractivity contribution in [1.82, 2.24) is 10.2 Å². The highest BCUT2D eigenvalue weighted by atomic mass is 79.9. The van der Waals surface area contributed by atoms with Gasteiger partial charge in [0.25, 0.3) is 0 Å². The lowest BCUT2D eigenvalue weighted by molar-refractivity contribution is 0.627. The van der Waals surface area contributed by atoms with Crippen LogP contribution in [0.2, 0.25) is 0 Å². The summed E-state index contributed by atoms with van der Waals surface area (Å²) < 4.78 is 13.7. The highest BCUT2D eigenvalue weighted by Gasteiger charge is 2.06. The molecule has 3 nitrogen and oxygen atoms in total. The number of benzene rings is 1. The molecule has 2 rings (SSSR count). The Morgan fingerprint density at radius 3 is 2.67 bits per heavy atom. The van der Waals surface area contributed by atoms with E-state index in [9.17, 15) is 4.39 Å². The van der Waals surface area contributed by atoms with Gasteiger partial charge in [0.1, 0.15) is 11.6 Å². The Bertz CT molecular complexity index is 528. The third kappa shape index (κ3) is 3.04. The summed E-state index contributed by atoms with van der Waals surface area (Å²) in [6, 6.07) is 8.24. The first-order chi connectivity index (χ1) is 8.70. The molecule has 5 heteroatoms. The fraction of sp³-hybridized carbons (Fsp3) is 0.231. The van der Waals surface area contributed by atoms with Gasteiger partial charge >= 0.3 is 0 Å². The maximum Gasteiger partial charge on any atom is 0.148 e. The molecule has 0 unspecified atom stereocenters. The van der Waals surface area contributed by atoms with Crippen molar-refractivity contribution in [3.8, 4) is 11.3 Å². The summed E-state index contributed by atoms with van der Waals surface area (Å²) in [7, 11) is 0. The van der Waals surface area contributed by atoms with Gasteiger partial charge in [0.15, 0.2) is 0 Å². The van der Waals surface area contributed by atoms with Crippen molar-refractivity contribution < 1.29 is 4.39 Å². The van der Waals surface area contributed by atoms with E-state index in [-0.39, 0.29) is 5.82 Å². The number of hydrogen-bond acceptors (Lipinski definition) is 3. The largest absolute Gasteiger partial charge is 0.369 e. The minimum Gasteiger partial charge on any atom is -0.369 e. The van der Waals surface area contributed by atoms with E-state index in [4.69, 9.17) is 0 Å². The molecule has 0 aliphatic rings. The van der Waals surface area contributed by atoms with Crippen LogP contribution < -0.4 is 5.32 Å². The summed E-state index contributed by atoms with van der Waals surface area (Å²) in [6.45, 7) is 2.96. The minimum atomic E-state index is -0.278. The smallest absolute Gasteiger partial charge is 0.148 e. The van der Waals surface area contributed by atoms with Crippen LogP contribution in [0, 0.1) is 5.82 Å². The van der Waals surface area contributed by atoms with Crippen LogP contribution in [0.4, 0.5) is 10.2 Å². The van der Waals surface area contributed by atoms with Crippen LogP contribution in [-0.4, -0.2) is 16.7 Å². The lowest BCUT2D eigenvalue weighted by Gasteiger charge is -2.05. The molecule has 1 aromatic carbocycles. The third-order valence-electron chi connectivity index (χ3n) is 2.43. The minimum absolute atomic E-state index is 0.278. The summed E-state index contributed by atoms with van der Waals surface area (Å²) >= 11 is 3.32. The van der Waals surface area contributed by atoms with Crippen molar-refractivity contribution in [2.45, 2.75) is 13.3 Å². The fourth-order valence-electron chi connectivity index (χ4n) is 1.52. The van der Waals surface area contributed by atoms with Gasteiger partial charge in [-0.2, -0.15) is 0 Å². The molecular weight excluding hydrogens is 297 g/mol. The van der Waals surface area contributed by atoms with E-state index in [1.165, 1.54) is 12.1 Å². The number of hydrogen-bond donors (Lipinski definition) is 1. The number of rotatable bonds is 4. The number of anilines is 1. The topological polar surface area (TPSA) is 37.8 Å². The second-order valence-corrected chi connectivity index (χ2v) is 4.71. The first kappa shape index (κ1) is 13.0. The molecule has 0 radical (unpaired) electrons. The molecule has 2 aromatic rings. The quantitative estimate of drug-likeness (QED) is 0.931. The Hall–Kier alpha value is -1.49. The fourth-order valence-corrected chi connectivity index (χ4v) is 2.07.